The first-order valence-corrected chi connectivity index (χ1v) is 6.88. The van der Waals surface area contributed by atoms with Crippen molar-refractivity contribution in [2.75, 3.05) is 24.1 Å². The van der Waals surface area contributed by atoms with Crippen molar-refractivity contribution in [1.29, 1.82) is 0 Å². The molecule has 4 heteroatoms. The summed E-state index contributed by atoms with van der Waals surface area (Å²) in [5.74, 6) is 0.0494. The van der Waals surface area contributed by atoms with Crippen LogP contribution in [0, 0.1) is 0 Å². The lowest BCUT2D eigenvalue weighted by Gasteiger charge is -2.31. The van der Waals surface area contributed by atoms with E-state index in [2.05, 4.69) is 24.1 Å². The zero-order valence-corrected chi connectivity index (χ0v) is 11.8. The topological polar surface area (TPSA) is 58.4 Å². The number of nitrogens with two attached hydrogens (primary N) is 1. The highest BCUT2D eigenvalue weighted by Gasteiger charge is 2.31. The minimum absolute atomic E-state index is 0.0494. The number of anilines is 2. The number of nitrogens with zero attached hydrogens (tertiary/aromatic N) is 1. The summed E-state index contributed by atoms with van der Waals surface area (Å²) in [6, 6.07) is 7.28. The van der Waals surface area contributed by atoms with Crippen LogP contribution in [0.2, 0.25) is 0 Å². The molecule has 0 radical (unpaired) electrons. The normalized spacial score (nSPS) is 18.4. The van der Waals surface area contributed by atoms with Crippen LogP contribution in [0.3, 0.4) is 0 Å². The van der Waals surface area contributed by atoms with Crippen molar-refractivity contribution >= 4 is 17.3 Å². The zero-order valence-electron chi connectivity index (χ0n) is 11.8. The molecule has 4 nitrogen and oxygen atoms in total. The van der Waals surface area contributed by atoms with Crippen LogP contribution in [-0.2, 0) is 4.79 Å². The Morgan fingerprint density at radius 3 is 2.89 bits per heavy atom. The van der Waals surface area contributed by atoms with E-state index in [4.69, 9.17) is 5.73 Å². The summed E-state index contributed by atoms with van der Waals surface area (Å²) in [5.41, 5.74) is 7.35. The molecule has 104 valence electrons. The van der Waals surface area contributed by atoms with Gasteiger partial charge in [-0.3, -0.25) is 9.69 Å². The van der Waals surface area contributed by atoms with E-state index in [0.29, 0.717) is 12.1 Å². The fourth-order valence-electron chi connectivity index (χ4n) is 2.65. The second-order valence-corrected chi connectivity index (χ2v) is 5.83. The average molecular weight is 261 g/mol. The van der Waals surface area contributed by atoms with Gasteiger partial charge in [-0.05, 0) is 51.4 Å². The number of carbonyl (C=O) groups is 1. The van der Waals surface area contributed by atoms with E-state index in [9.17, 15) is 4.79 Å². The second kappa shape index (κ2) is 5.61. The number of carbonyl (C=O) groups excluding carboxylic acids is 1. The van der Waals surface area contributed by atoms with Gasteiger partial charge in [-0.15, -0.1) is 0 Å². The van der Waals surface area contributed by atoms with Gasteiger partial charge in [0.2, 0.25) is 5.91 Å². The standard InChI is InChI=1S/C15H23N3O/c1-15(2)8-4-9-18(15)10-7-14(19)17-13-6-3-5-12(16)11-13/h3,5-6,11H,4,7-10,16H2,1-2H3,(H,17,19). The van der Waals surface area contributed by atoms with Gasteiger partial charge in [0.05, 0.1) is 0 Å². The predicted octanol–water partition coefficient (Wildman–Crippen LogP) is 2.47. The number of amides is 1. The molecule has 2 rings (SSSR count). The quantitative estimate of drug-likeness (QED) is 0.819. The van der Waals surface area contributed by atoms with Gasteiger partial charge in [0, 0.05) is 29.9 Å². The largest absolute Gasteiger partial charge is 0.399 e. The summed E-state index contributed by atoms with van der Waals surface area (Å²) in [6.45, 7) is 6.41. The van der Waals surface area contributed by atoms with Crippen LogP contribution < -0.4 is 11.1 Å². The van der Waals surface area contributed by atoms with Gasteiger partial charge in [-0.25, -0.2) is 0 Å². The van der Waals surface area contributed by atoms with Crippen LogP contribution in [0.5, 0.6) is 0 Å². The van der Waals surface area contributed by atoms with Gasteiger partial charge < -0.3 is 11.1 Å². The van der Waals surface area contributed by atoms with E-state index in [-0.39, 0.29) is 11.4 Å². The lowest BCUT2D eigenvalue weighted by atomic mass is 10.0. The molecule has 0 bridgehead atoms. The molecule has 0 aromatic heterocycles. The smallest absolute Gasteiger partial charge is 0.225 e. The van der Waals surface area contributed by atoms with Gasteiger partial charge in [0.15, 0.2) is 0 Å². The maximum atomic E-state index is 11.9. The van der Waals surface area contributed by atoms with E-state index < -0.39 is 0 Å². The molecule has 1 fully saturated rings. The minimum Gasteiger partial charge on any atom is -0.399 e. The van der Waals surface area contributed by atoms with Crippen LogP contribution in [0.25, 0.3) is 0 Å². The molecule has 1 amide bonds. The Morgan fingerprint density at radius 1 is 1.47 bits per heavy atom. The van der Waals surface area contributed by atoms with Gasteiger partial charge in [-0.1, -0.05) is 6.07 Å². The fourth-order valence-corrected chi connectivity index (χ4v) is 2.65. The third kappa shape index (κ3) is 3.70. The van der Waals surface area contributed by atoms with Crippen LogP contribution >= 0.6 is 0 Å². The molecule has 0 spiro atoms. The molecule has 19 heavy (non-hydrogen) atoms. The van der Waals surface area contributed by atoms with E-state index in [1.54, 1.807) is 6.07 Å². The molecule has 1 aliphatic heterocycles. The first-order valence-electron chi connectivity index (χ1n) is 6.88. The maximum absolute atomic E-state index is 11.9. The lowest BCUT2D eigenvalue weighted by Crippen LogP contribution is -2.39. The molecule has 1 saturated heterocycles. The number of hydrogen-bond acceptors (Lipinski definition) is 3. The van der Waals surface area contributed by atoms with E-state index in [1.807, 2.05) is 18.2 Å². The highest BCUT2D eigenvalue weighted by atomic mass is 16.1. The summed E-state index contributed by atoms with van der Waals surface area (Å²) in [5, 5.41) is 2.89. The Labute approximate surface area is 115 Å². The molecule has 1 aromatic carbocycles. The summed E-state index contributed by atoms with van der Waals surface area (Å²) in [4.78, 5) is 14.3. The van der Waals surface area contributed by atoms with Gasteiger partial charge in [0.1, 0.15) is 0 Å². The molecule has 0 atom stereocenters. The summed E-state index contributed by atoms with van der Waals surface area (Å²) in [6.07, 6.45) is 2.96. The molecule has 1 aromatic rings. The first kappa shape index (κ1) is 13.9. The van der Waals surface area contributed by atoms with Crippen molar-refractivity contribution in [2.45, 2.75) is 38.6 Å². The number of rotatable bonds is 4. The highest BCUT2D eigenvalue weighted by Crippen LogP contribution is 2.27. The Kier molecular flexibility index (Phi) is 4.10. The Morgan fingerprint density at radius 2 is 2.26 bits per heavy atom. The Bertz CT molecular complexity index is 456. The van der Waals surface area contributed by atoms with E-state index in [0.717, 1.165) is 18.8 Å². The SMILES string of the molecule is CC1(C)CCCN1CCC(=O)Nc1cccc(N)c1. The molecular weight excluding hydrogens is 238 g/mol. The van der Waals surface area contributed by atoms with Crippen LogP contribution in [0.15, 0.2) is 24.3 Å². The molecule has 3 N–H and O–H groups in total. The number of nitrogen functional groups attached to an aromatic ring is 1. The molecular formula is C15H23N3O. The summed E-state index contributed by atoms with van der Waals surface area (Å²) in [7, 11) is 0. The lowest BCUT2D eigenvalue weighted by molar-refractivity contribution is -0.116. The van der Waals surface area contributed by atoms with Gasteiger partial charge in [-0.2, -0.15) is 0 Å². The third-order valence-electron chi connectivity index (χ3n) is 3.85. The number of hydrogen-bond donors (Lipinski definition) is 2. The van der Waals surface area contributed by atoms with E-state index in [1.165, 1.54) is 12.8 Å². The highest BCUT2D eigenvalue weighted by molar-refractivity contribution is 5.91. The second-order valence-electron chi connectivity index (χ2n) is 5.83. The van der Waals surface area contributed by atoms with E-state index >= 15 is 0 Å². The van der Waals surface area contributed by atoms with Crippen LogP contribution in [0.1, 0.15) is 33.1 Å². The van der Waals surface area contributed by atoms with Crippen LogP contribution in [-0.4, -0.2) is 29.4 Å². The van der Waals surface area contributed by atoms with Crippen molar-refractivity contribution < 1.29 is 4.79 Å². The summed E-state index contributed by atoms with van der Waals surface area (Å²) < 4.78 is 0. The van der Waals surface area contributed by atoms with Crippen molar-refractivity contribution in [2.24, 2.45) is 0 Å². The van der Waals surface area contributed by atoms with Gasteiger partial charge in [0.25, 0.3) is 0 Å². The number of likely N-dealkylation sites (tertiary alicyclic amines) is 1. The first-order chi connectivity index (χ1) is 8.97. The molecule has 0 unspecified atom stereocenters. The predicted molar refractivity (Wildman–Crippen MR) is 79.0 cm³/mol. The summed E-state index contributed by atoms with van der Waals surface area (Å²) >= 11 is 0. The van der Waals surface area contributed by atoms with Crippen molar-refractivity contribution in [3.8, 4) is 0 Å². The van der Waals surface area contributed by atoms with Crippen molar-refractivity contribution in [3.05, 3.63) is 24.3 Å². The van der Waals surface area contributed by atoms with Crippen molar-refractivity contribution in [1.82, 2.24) is 4.90 Å². The number of nitrogens with one attached hydrogen (secondary N) is 1. The monoisotopic (exact) mass is 261 g/mol. The molecule has 1 aliphatic rings. The number of benzene rings is 1. The Hall–Kier alpha value is -1.55. The Balaban J connectivity index is 1.82. The molecule has 0 aliphatic carbocycles. The van der Waals surface area contributed by atoms with Crippen LogP contribution in [0.4, 0.5) is 11.4 Å². The average Bonchev–Trinajstić information content (AvgIpc) is 2.66. The zero-order chi connectivity index (χ0) is 13.9. The minimum atomic E-state index is 0.0494. The molecule has 0 saturated carbocycles. The van der Waals surface area contributed by atoms with Crippen molar-refractivity contribution in [3.63, 3.8) is 0 Å². The fraction of sp³-hybridized carbons (Fsp3) is 0.533. The third-order valence-corrected chi connectivity index (χ3v) is 3.85. The van der Waals surface area contributed by atoms with Gasteiger partial charge >= 0.3 is 0 Å². The maximum Gasteiger partial charge on any atom is 0.225 e. The molecule has 1 heterocycles.